The molecule has 0 saturated carbocycles. The lowest BCUT2D eigenvalue weighted by Crippen LogP contribution is -2.39. The van der Waals surface area contributed by atoms with Crippen LogP contribution in [-0.4, -0.2) is 15.7 Å². The number of aromatic nitrogens is 2. The summed E-state index contributed by atoms with van der Waals surface area (Å²) in [4.78, 5) is 12.4. The molecule has 1 heterocycles. The monoisotopic (exact) mass is 277 g/mol. The van der Waals surface area contributed by atoms with E-state index in [0.717, 1.165) is 25.7 Å². The van der Waals surface area contributed by atoms with Crippen LogP contribution in [0.2, 0.25) is 0 Å². The summed E-state index contributed by atoms with van der Waals surface area (Å²) in [5.41, 5.74) is 2.66. The lowest BCUT2D eigenvalue weighted by molar-refractivity contribution is -0.126. The summed E-state index contributed by atoms with van der Waals surface area (Å²) in [6.45, 7) is 8.68. The Hall–Kier alpha value is -1.32. The molecule has 0 spiro atoms. The molecule has 0 aromatic carbocycles. The fourth-order valence-corrected chi connectivity index (χ4v) is 3.25. The van der Waals surface area contributed by atoms with Crippen LogP contribution in [0.15, 0.2) is 6.20 Å². The van der Waals surface area contributed by atoms with Crippen molar-refractivity contribution < 1.29 is 4.79 Å². The minimum Gasteiger partial charge on any atom is -0.349 e. The highest BCUT2D eigenvalue weighted by Crippen LogP contribution is 2.40. The normalized spacial score (nSPS) is 20.8. The molecule has 1 atom stereocenters. The first-order valence-corrected chi connectivity index (χ1v) is 7.69. The Morgan fingerprint density at radius 2 is 2.15 bits per heavy atom. The van der Waals surface area contributed by atoms with Crippen molar-refractivity contribution in [1.82, 2.24) is 15.1 Å². The Labute approximate surface area is 121 Å². The van der Waals surface area contributed by atoms with E-state index in [4.69, 9.17) is 0 Å². The fourth-order valence-electron chi connectivity index (χ4n) is 3.25. The molecule has 4 nitrogen and oxygen atoms in total. The lowest BCUT2D eigenvalue weighted by atomic mass is 9.74. The molecule has 4 heteroatoms. The Bertz CT molecular complexity index is 486. The summed E-state index contributed by atoms with van der Waals surface area (Å²) in [6.07, 6.45) is 5.73. The SMILES string of the molecule is CCC(CC)C(=O)N[C@H]1CC(C)(C)Cc2c1cnn2C. The van der Waals surface area contributed by atoms with Gasteiger partial charge >= 0.3 is 0 Å². The average Bonchev–Trinajstić information content (AvgIpc) is 2.71. The van der Waals surface area contributed by atoms with E-state index in [9.17, 15) is 4.79 Å². The largest absolute Gasteiger partial charge is 0.349 e. The molecule has 0 fully saturated rings. The molecule has 1 aromatic heterocycles. The predicted molar refractivity (Wildman–Crippen MR) is 80.3 cm³/mol. The fraction of sp³-hybridized carbons (Fsp3) is 0.750. The van der Waals surface area contributed by atoms with Crippen molar-refractivity contribution in [3.8, 4) is 0 Å². The number of carbonyl (C=O) groups is 1. The Morgan fingerprint density at radius 3 is 2.75 bits per heavy atom. The third-order valence-electron chi connectivity index (χ3n) is 4.54. The van der Waals surface area contributed by atoms with Gasteiger partial charge in [-0.2, -0.15) is 5.10 Å². The first-order chi connectivity index (χ1) is 9.38. The first-order valence-electron chi connectivity index (χ1n) is 7.69. The number of fused-ring (bicyclic) bond motifs is 1. The molecule has 0 saturated heterocycles. The second kappa shape index (κ2) is 5.58. The van der Waals surface area contributed by atoms with E-state index in [2.05, 4.69) is 38.1 Å². The second-order valence-electron chi connectivity index (χ2n) is 6.79. The third-order valence-corrected chi connectivity index (χ3v) is 4.54. The van der Waals surface area contributed by atoms with Gasteiger partial charge in [-0.05, 0) is 31.1 Å². The first kappa shape index (κ1) is 15.1. The molecule has 112 valence electrons. The molecule has 1 aliphatic carbocycles. The van der Waals surface area contributed by atoms with E-state index in [0.29, 0.717) is 0 Å². The molecule has 20 heavy (non-hydrogen) atoms. The molecule has 2 rings (SSSR count). The van der Waals surface area contributed by atoms with Crippen LogP contribution in [0.1, 0.15) is 64.3 Å². The van der Waals surface area contributed by atoms with Crippen LogP contribution in [0, 0.1) is 11.3 Å². The summed E-state index contributed by atoms with van der Waals surface area (Å²) in [5, 5.41) is 7.63. The van der Waals surface area contributed by atoms with E-state index >= 15 is 0 Å². The van der Waals surface area contributed by atoms with Gasteiger partial charge in [0.15, 0.2) is 0 Å². The summed E-state index contributed by atoms with van der Waals surface area (Å²) < 4.78 is 1.95. The molecule has 1 aromatic rings. The standard InChI is InChI=1S/C16H27N3O/c1-6-11(7-2)15(20)18-13-8-16(3,4)9-14-12(13)10-17-19(14)5/h10-11,13H,6-9H2,1-5H3,(H,18,20)/t13-/m0/s1. The number of hydrogen-bond donors (Lipinski definition) is 1. The van der Waals surface area contributed by atoms with Gasteiger partial charge in [-0.1, -0.05) is 27.7 Å². The third kappa shape index (κ3) is 2.89. The number of nitrogens with zero attached hydrogens (tertiary/aromatic N) is 2. The Morgan fingerprint density at radius 1 is 1.50 bits per heavy atom. The van der Waals surface area contributed by atoms with Crippen molar-refractivity contribution in [1.29, 1.82) is 0 Å². The van der Waals surface area contributed by atoms with Gasteiger partial charge in [0, 0.05) is 24.2 Å². The zero-order valence-corrected chi connectivity index (χ0v) is 13.4. The molecule has 1 amide bonds. The van der Waals surface area contributed by atoms with Crippen molar-refractivity contribution in [2.45, 2.75) is 59.4 Å². The van der Waals surface area contributed by atoms with E-state index in [1.807, 2.05) is 17.9 Å². The zero-order chi connectivity index (χ0) is 14.9. The van der Waals surface area contributed by atoms with Gasteiger partial charge in [-0.25, -0.2) is 0 Å². The number of hydrogen-bond acceptors (Lipinski definition) is 2. The van der Waals surface area contributed by atoms with Crippen LogP contribution in [0.3, 0.4) is 0 Å². The van der Waals surface area contributed by atoms with E-state index in [1.54, 1.807) is 0 Å². The van der Waals surface area contributed by atoms with Crippen LogP contribution >= 0.6 is 0 Å². The van der Waals surface area contributed by atoms with Crippen LogP contribution in [-0.2, 0) is 18.3 Å². The number of aryl methyl sites for hydroxylation is 1. The van der Waals surface area contributed by atoms with Crippen LogP contribution in [0.25, 0.3) is 0 Å². The van der Waals surface area contributed by atoms with Crippen LogP contribution in [0.4, 0.5) is 0 Å². The summed E-state index contributed by atoms with van der Waals surface area (Å²) >= 11 is 0. The highest BCUT2D eigenvalue weighted by molar-refractivity contribution is 5.79. The molecule has 0 aliphatic heterocycles. The molecular weight excluding hydrogens is 250 g/mol. The van der Waals surface area contributed by atoms with E-state index < -0.39 is 0 Å². The van der Waals surface area contributed by atoms with Gasteiger partial charge in [0.05, 0.1) is 12.2 Å². The number of nitrogens with one attached hydrogen (secondary N) is 1. The van der Waals surface area contributed by atoms with E-state index in [-0.39, 0.29) is 23.3 Å². The highest BCUT2D eigenvalue weighted by Gasteiger charge is 2.35. The number of carbonyl (C=O) groups excluding carboxylic acids is 1. The van der Waals surface area contributed by atoms with Gasteiger partial charge in [-0.15, -0.1) is 0 Å². The maximum absolute atomic E-state index is 12.4. The van der Waals surface area contributed by atoms with Gasteiger partial charge in [-0.3, -0.25) is 9.48 Å². The summed E-state index contributed by atoms with van der Waals surface area (Å²) in [5.74, 6) is 0.313. The summed E-state index contributed by atoms with van der Waals surface area (Å²) in [6, 6.07) is 0.107. The zero-order valence-electron chi connectivity index (χ0n) is 13.4. The maximum atomic E-state index is 12.4. The predicted octanol–water partition coefficient (Wildman–Crippen LogP) is 2.99. The van der Waals surface area contributed by atoms with Crippen LogP contribution < -0.4 is 5.32 Å². The van der Waals surface area contributed by atoms with E-state index in [1.165, 1.54) is 11.3 Å². The minimum atomic E-state index is 0.107. The van der Waals surface area contributed by atoms with Crippen molar-refractivity contribution in [3.05, 3.63) is 17.5 Å². The number of rotatable bonds is 4. The van der Waals surface area contributed by atoms with Gasteiger partial charge < -0.3 is 5.32 Å². The van der Waals surface area contributed by atoms with Crippen molar-refractivity contribution >= 4 is 5.91 Å². The summed E-state index contributed by atoms with van der Waals surface area (Å²) in [7, 11) is 1.99. The second-order valence-corrected chi connectivity index (χ2v) is 6.79. The number of amides is 1. The molecule has 0 unspecified atom stereocenters. The lowest BCUT2D eigenvalue weighted by Gasteiger charge is -2.36. The maximum Gasteiger partial charge on any atom is 0.223 e. The average molecular weight is 277 g/mol. The Kier molecular flexibility index (Phi) is 4.21. The van der Waals surface area contributed by atoms with Gasteiger partial charge in [0.25, 0.3) is 0 Å². The van der Waals surface area contributed by atoms with Crippen LogP contribution in [0.5, 0.6) is 0 Å². The Balaban J connectivity index is 2.21. The molecular formula is C16H27N3O. The molecule has 1 N–H and O–H groups in total. The smallest absolute Gasteiger partial charge is 0.223 e. The van der Waals surface area contributed by atoms with Crippen molar-refractivity contribution in [3.63, 3.8) is 0 Å². The van der Waals surface area contributed by atoms with Crippen molar-refractivity contribution in [2.24, 2.45) is 18.4 Å². The molecule has 0 radical (unpaired) electrons. The molecule has 1 aliphatic rings. The van der Waals surface area contributed by atoms with Gasteiger partial charge in [0.2, 0.25) is 5.91 Å². The quantitative estimate of drug-likeness (QED) is 0.919. The molecule has 0 bridgehead atoms. The van der Waals surface area contributed by atoms with Gasteiger partial charge in [0.1, 0.15) is 0 Å². The topological polar surface area (TPSA) is 46.9 Å². The highest BCUT2D eigenvalue weighted by atomic mass is 16.1. The minimum absolute atomic E-state index is 0.107. The van der Waals surface area contributed by atoms with Crippen molar-refractivity contribution in [2.75, 3.05) is 0 Å².